The van der Waals surface area contributed by atoms with E-state index in [0.717, 1.165) is 11.5 Å². The number of nitrogens with zero attached hydrogens (tertiary/aromatic N) is 2. The highest BCUT2D eigenvalue weighted by atomic mass is 35.5. The van der Waals surface area contributed by atoms with E-state index in [1.165, 1.54) is 5.06 Å². The summed E-state index contributed by atoms with van der Waals surface area (Å²) in [6.45, 7) is 4.21. The Bertz CT molecular complexity index is 331. The minimum Gasteiger partial charge on any atom is -0.337 e. The van der Waals surface area contributed by atoms with Crippen LogP contribution < -0.4 is 5.32 Å². The van der Waals surface area contributed by atoms with Gasteiger partial charge in [0.25, 0.3) is 0 Å². The number of thioether (sulfide) groups is 1. The van der Waals surface area contributed by atoms with Gasteiger partial charge in [0.05, 0.1) is 6.61 Å². The molecule has 1 aliphatic heterocycles. The lowest BCUT2D eigenvalue weighted by atomic mass is 10.2. The molecule has 0 radical (unpaired) electrons. The number of hydrogen-bond donors (Lipinski definition) is 1. The summed E-state index contributed by atoms with van der Waals surface area (Å²) in [5.41, 5.74) is -1.04. The molecule has 7 heteroatoms. The molecule has 0 amide bonds. The lowest BCUT2D eigenvalue weighted by Gasteiger charge is -2.29. The maximum atomic E-state index is 9.05. The Morgan fingerprint density at radius 2 is 2.31 bits per heavy atom. The van der Waals surface area contributed by atoms with Gasteiger partial charge in [-0.25, -0.2) is 5.06 Å². The van der Waals surface area contributed by atoms with Crippen molar-refractivity contribution in [1.29, 1.82) is 5.26 Å². The van der Waals surface area contributed by atoms with Gasteiger partial charge >= 0.3 is 0 Å². The first-order chi connectivity index (χ1) is 7.55. The molecule has 0 bridgehead atoms. The van der Waals surface area contributed by atoms with Crippen LogP contribution in [0.2, 0.25) is 0 Å². The Balaban J connectivity index is 2.58. The third kappa shape index (κ3) is 2.89. The Morgan fingerprint density at radius 3 is 2.88 bits per heavy atom. The van der Waals surface area contributed by atoms with Gasteiger partial charge < -0.3 is 5.32 Å². The zero-order chi connectivity index (χ0) is 12.2. The second-order valence-electron chi connectivity index (χ2n) is 3.24. The minimum atomic E-state index is -1.04. The van der Waals surface area contributed by atoms with E-state index in [4.69, 9.17) is 33.3 Å². The summed E-state index contributed by atoms with van der Waals surface area (Å²) >= 11 is 13.5. The van der Waals surface area contributed by atoms with Crippen LogP contribution in [0.5, 0.6) is 0 Å². The molecule has 1 rings (SSSR count). The van der Waals surface area contributed by atoms with Crippen molar-refractivity contribution in [1.82, 2.24) is 10.4 Å². The Kier molecular flexibility index (Phi) is 5.06. The molecule has 1 unspecified atom stereocenters. The predicted octanol–water partition coefficient (Wildman–Crippen LogP) is 2.42. The lowest BCUT2D eigenvalue weighted by molar-refractivity contribution is -0.161. The first kappa shape index (κ1) is 13.8. The summed E-state index contributed by atoms with van der Waals surface area (Å²) in [7, 11) is 0. The number of halogens is 2. The summed E-state index contributed by atoms with van der Waals surface area (Å²) in [4.78, 5) is 5.45. The van der Waals surface area contributed by atoms with E-state index in [2.05, 4.69) is 18.3 Å². The van der Waals surface area contributed by atoms with Crippen molar-refractivity contribution >= 4 is 35.0 Å². The highest BCUT2D eigenvalue weighted by molar-refractivity contribution is 7.99. The average Bonchev–Trinajstić information content (AvgIpc) is 2.48. The molecule has 0 fully saturated rings. The molecule has 1 aliphatic rings. The molecule has 0 aromatic rings. The fraction of sp³-hybridized carbons (Fsp3) is 0.667. The number of nitrogens with one attached hydrogen (secondary N) is 1. The Hall–Kier alpha value is -0.280. The quantitative estimate of drug-likeness (QED) is 0.620. The van der Waals surface area contributed by atoms with Crippen LogP contribution >= 0.6 is 35.0 Å². The van der Waals surface area contributed by atoms with Gasteiger partial charge in [-0.05, 0) is 12.7 Å². The van der Waals surface area contributed by atoms with Gasteiger partial charge in [-0.15, -0.1) is 0 Å². The molecule has 1 N–H and O–H groups in total. The first-order valence-electron chi connectivity index (χ1n) is 4.80. The topological polar surface area (TPSA) is 48.3 Å². The van der Waals surface area contributed by atoms with E-state index in [0.29, 0.717) is 6.61 Å². The van der Waals surface area contributed by atoms with E-state index < -0.39 is 5.66 Å². The smallest absolute Gasteiger partial charge is 0.222 e. The summed E-state index contributed by atoms with van der Waals surface area (Å²) in [6, 6.07) is 2.06. The summed E-state index contributed by atoms with van der Waals surface area (Å²) in [5, 5.41) is 13.6. The van der Waals surface area contributed by atoms with Crippen molar-refractivity contribution in [3.05, 3.63) is 10.3 Å². The number of rotatable bonds is 5. The van der Waals surface area contributed by atoms with E-state index in [1.54, 1.807) is 18.7 Å². The monoisotopic (exact) mass is 281 g/mol. The number of hydrogen-bond acceptors (Lipinski definition) is 5. The molecule has 16 heavy (non-hydrogen) atoms. The molecule has 0 saturated carbocycles. The largest absolute Gasteiger partial charge is 0.337 e. The van der Waals surface area contributed by atoms with E-state index in [-0.39, 0.29) is 10.3 Å². The van der Waals surface area contributed by atoms with Gasteiger partial charge in [-0.2, -0.15) is 17.0 Å². The van der Waals surface area contributed by atoms with Crippen molar-refractivity contribution < 1.29 is 4.84 Å². The molecule has 90 valence electrons. The molecule has 0 aromatic carbocycles. The van der Waals surface area contributed by atoms with Crippen molar-refractivity contribution in [3.8, 4) is 6.07 Å². The van der Waals surface area contributed by atoms with Gasteiger partial charge in [0.15, 0.2) is 5.16 Å². The average molecular weight is 282 g/mol. The van der Waals surface area contributed by atoms with Crippen LogP contribution in [0, 0.1) is 11.3 Å². The number of nitriles is 1. The second-order valence-corrected chi connectivity index (χ2v) is 5.37. The van der Waals surface area contributed by atoms with E-state index >= 15 is 0 Å². The molecule has 1 atom stereocenters. The highest BCUT2D eigenvalue weighted by Crippen LogP contribution is 2.32. The SMILES string of the molecule is CCSCCON1C(Cl)=C(Cl)NC1(C)C#N. The van der Waals surface area contributed by atoms with E-state index in [9.17, 15) is 0 Å². The third-order valence-electron chi connectivity index (χ3n) is 1.99. The molecule has 4 nitrogen and oxygen atoms in total. The summed E-state index contributed by atoms with van der Waals surface area (Å²) in [5.74, 6) is 1.87. The van der Waals surface area contributed by atoms with Gasteiger partial charge in [0.2, 0.25) is 5.66 Å². The van der Waals surface area contributed by atoms with Gasteiger partial charge in [0, 0.05) is 5.75 Å². The summed E-state index contributed by atoms with van der Waals surface area (Å²) in [6.07, 6.45) is 0. The van der Waals surface area contributed by atoms with E-state index in [1.807, 2.05) is 0 Å². The van der Waals surface area contributed by atoms with Gasteiger partial charge in [0.1, 0.15) is 11.2 Å². The molecule has 0 spiro atoms. The number of hydroxylamine groups is 2. The normalized spacial score (nSPS) is 24.6. The lowest BCUT2D eigenvalue weighted by Crippen LogP contribution is -2.48. The zero-order valence-corrected chi connectivity index (χ0v) is 11.4. The van der Waals surface area contributed by atoms with Crippen LogP contribution in [-0.2, 0) is 4.84 Å². The maximum Gasteiger partial charge on any atom is 0.222 e. The molecular formula is C9H13Cl2N3OS. The van der Waals surface area contributed by atoms with Crippen molar-refractivity contribution in [2.45, 2.75) is 19.5 Å². The molecule has 0 aliphatic carbocycles. The Labute approximate surface area is 109 Å². The molecule has 1 heterocycles. The van der Waals surface area contributed by atoms with Crippen LogP contribution in [0.4, 0.5) is 0 Å². The maximum absolute atomic E-state index is 9.05. The van der Waals surface area contributed by atoms with Gasteiger partial charge in [-0.3, -0.25) is 4.84 Å². The van der Waals surface area contributed by atoms with Crippen LogP contribution in [0.3, 0.4) is 0 Å². The minimum absolute atomic E-state index is 0.215. The van der Waals surface area contributed by atoms with Gasteiger partial charge in [-0.1, -0.05) is 30.1 Å². The van der Waals surface area contributed by atoms with Crippen LogP contribution in [0.15, 0.2) is 10.3 Å². The third-order valence-corrected chi connectivity index (χ3v) is 3.56. The molecular weight excluding hydrogens is 269 g/mol. The summed E-state index contributed by atoms with van der Waals surface area (Å²) < 4.78 is 0. The second kappa shape index (κ2) is 5.87. The van der Waals surface area contributed by atoms with Crippen molar-refractivity contribution in [2.75, 3.05) is 18.1 Å². The predicted molar refractivity (Wildman–Crippen MR) is 66.7 cm³/mol. The van der Waals surface area contributed by atoms with Crippen molar-refractivity contribution in [3.63, 3.8) is 0 Å². The van der Waals surface area contributed by atoms with Crippen LogP contribution in [0.25, 0.3) is 0 Å². The first-order valence-corrected chi connectivity index (χ1v) is 6.72. The fourth-order valence-corrected chi connectivity index (χ4v) is 2.20. The highest BCUT2D eigenvalue weighted by Gasteiger charge is 2.42. The van der Waals surface area contributed by atoms with Crippen molar-refractivity contribution in [2.24, 2.45) is 0 Å². The van der Waals surface area contributed by atoms with Crippen LogP contribution in [0.1, 0.15) is 13.8 Å². The zero-order valence-electron chi connectivity index (χ0n) is 9.09. The van der Waals surface area contributed by atoms with Crippen LogP contribution in [-0.4, -0.2) is 28.8 Å². The molecule has 0 aromatic heterocycles. The fourth-order valence-electron chi connectivity index (χ4n) is 1.19. The Morgan fingerprint density at radius 1 is 1.62 bits per heavy atom. The molecule has 0 saturated heterocycles. The standard InChI is InChI=1S/C9H13Cl2N3OS/c1-3-16-5-4-15-14-8(11)7(10)13-9(14,2)6-12/h13H,3-5H2,1-2H3.